The Kier molecular flexibility index (Phi) is 4.20. The second-order valence-corrected chi connectivity index (χ2v) is 9.07. The van der Waals surface area contributed by atoms with Gasteiger partial charge in [0.15, 0.2) is 0 Å². The van der Waals surface area contributed by atoms with Crippen LogP contribution in [0.25, 0.3) is 0 Å². The highest BCUT2D eigenvalue weighted by molar-refractivity contribution is 7.94. The Morgan fingerprint density at radius 3 is 2.48 bits per heavy atom. The average molecular weight is 332 g/mol. The van der Waals surface area contributed by atoms with Gasteiger partial charge in [0.05, 0.1) is 22.3 Å². The minimum absolute atomic E-state index is 0.0317. The molecule has 1 aromatic carbocycles. The Hall–Kier alpha value is -1.66. The monoisotopic (exact) mass is 332 g/mol. The molecule has 0 saturated carbocycles. The molecule has 0 spiro atoms. The minimum Gasteiger partial charge on any atom is -0.283 e. The van der Waals surface area contributed by atoms with Crippen LogP contribution < -0.4 is 4.72 Å². The molecule has 0 amide bonds. The van der Waals surface area contributed by atoms with Crippen molar-refractivity contribution in [3.05, 3.63) is 29.6 Å². The predicted octanol–water partition coefficient (Wildman–Crippen LogP) is 1.02. The van der Waals surface area contributed by atoms with Gasteiger partial charge in [-0.15, -0.1) is 0 Å². The number of rotatable bonds is 3. The van der Waals surface area contributed by atoms with Crippen LogP contribution >= 0.6 is 0 Å². The van der Waals surface area contributed by atoms with Gasteiger partial charge in [0.1, 0.15) is 21.7 Å². The topological polar surface area (TPSA) is 104 Å². The molecule has 0 atom stereocenters. The summed E-state index contributed by atoms with van der Waals surface area (Å²) in [6.45, 7) is 0. The molecule has 2 rings (SSSR count). The van der Waals surface area contributed by atoms with E-state index in [0.29, 0.717) is 0 Å². The molecule has 0 aliphatic carbocycles. The number of anilines is 1. The van der Waals surface area contributed by atoms with Crippen LogP contribution in [-0.4, -0.2) is 33.6 Å². The van der Waals surface area contributed by atoms with E-state index < -0.39 is 30.9 Å². The number of nitriles is 1. The van der Waals surface area contributed by atoms with Crippen LogP contribution in [0.4, 0.5) is 10.1 Å². The zero-order valence-corrected chi connectivity index (χ0v) is 12.5. The predicted molar refractivity (Wildman–Crippen MR) is 75.3 cm³/mol. The van der Waals surface area contributed by atoms with Crippen LogP contribution in [0.1, 0.15) is 18.4 Å². The quantitative estimate of drug-likeness (QED) is 0.890. The zero-order valence-electron chi connectivity index (χ0n) is 10.9. The normalized spacial score (nSPS) is 18.9. The van der Waals surface area contributed by atoms with Crippen molar-refractivity contribution in [1.82, 2.24) is 0 Å². The van der Waals surface area contributed by atoms with Gasteiger partial charge in [0, 0.05) is 5.69 Å². The van der Waals surface area contributed by atoms with Gasteiger partial charge in [-0.2, -0.15) is 5.26 Å². The van der Waals surface area contributed by atoms with Crippen molar-refractivity contribution >= 4 is 25.5 Å². The number of hydrogen-bond acceptors (Lipinski definition) is 5. The first-order valence-electron chi connectivity index (χ1n) is 6.15. The lowest BCUT2D eigenvalue weighted by molar-refractivity contribution is 0.555. The number of nitrogens with one attached hydrogen (secondary N) is 1. The van der Waals surface area contributed by atoms with E-state index in [-0.39, 0.29) is 35.6 Å². The third kappa shape index (κ3) is 3.71. The highest BCUT2D eigenvalue weighted by Crippen LogP contribution is 2.22. The number of hydrogen-bond donors (Lipinski definition) is 1. The van der Waals surface area contributed by atoms with Gasteiger partial charge in [-0.25, -0.2) is 21.2 Å². The lowest BCUT2D eigenvalue weighted by Gasteiger charge is -2.22. The van der Waals surface area contributed by atoms with Crippen LogP contribution in [0.15, 0.2) is 18.2 Å². The van der Waals surface area contributed by atoms with Crippen molar-refractivity contribution in [1.29, 1.82) is 5.26 Å². The van der Waals surface area contributed by atoms with Crippen LogP contribution in [0.3, 0.4) is 0 Å². The second-order valence-electron chi connectivity index (χ2n) is 4.80. The number of sulfonamides is 1. The van der Waals surface area contributed by atoms with Gasteiger partial charge >= 0.3 is 0 Å². The van der Waals surface area contributed by atoms with E-state index in [4.69, 9.17) is 5.26 Å². The third-order valence-corrected chi connectivity index (χ3v) is 6.87. The van der Waals surface area contributed by atoms with E-state index in [2.05, 4.69) is 4.72 Å². The molecule has 114 valence electrons. The highest BCUT2D eigenvalue weighted by atomic mass is 32.2. The number of nitrogens with zero attached hydrogens (tertiary/aromatic N) is 1. The van der Waals surface area contributed by atoms with Crippen molar-refractivity contribution in [3.8, 4) is 6.07 Å². The number of sulfone groups is 1. The number of halogens is 1. The molecule has 0 radical (unpaired) electrons. The Labute approximate surface area is 122 Å². The summed E-state index contributed by atoms with van der Waals surface area (Å²) in [4.78, 5) is 0. The molecule has 0 aromatic heterocycles. The third-order valence-electron chi connectivity index (χ3n) is 3.29. The van der Waals surface area contributed by atoms with E-state index in [0.717, 1.165) is 12.1 Å². The second kappa shape index (κ2) is 5.61. The Bertz CT molecular complexity index is 783. The van der Waals surface area contributed by atoms with Gasteiger partial charge in [-0.3, -0.25) is 4.72 Å². The molecular weight excluding hydrogens is 319 g/mol. The Morgan fingerprint density at radius 1 is 1.29 bits per heavy atom. The number of benzene rings is 1. The van der Waals surface area contributed by atoms with Crippen molar-refractivity contribution < 1.29 is 21.2 Å². The maximum absolute atomic E-state index is 13.2. The SMILES string of the molecule is N#Cc1cc(NS(=O)(=O)C2CCS(=O)(=O)CC2)ccc1F. The van der Waals surface area contributed by atoms with Gasteiger partial charge in [-0.1, -0.05) is 0 Å². The largest absolute Gasteiger partial charge is 0.283 e. The highest BCUT2D eigenvalue weighted by Gasteiger charge is 2.32. The van der Waals surface area contributed by atoms with Crippen molar-refractivity contribution in [2.24, 2.45) is 0 Å². The molecule has 1 saturated heterocycles. The first kappa shape index (κ1) is 15.7. The summed E-state index contributed by atoms with van der Waals surface area (Å²) >= 11 is 0. The smallest absolute Gasteiger partial charge is 0.235 e. The molecule has 1 heterocycles. The molecule has 1 aliphatic rings. The first-order valence-corrected chi connectivity index (χ1v) is 9.52. The van der Waals surface area contributed by atoms with E-state index in [9.17, 15) is 21.2 Å². The fourth-order valence-corrected chi connectivity index (χ4v) is 5.37. The molecule has 0 unspecified atom stereocenters. The molecule has 9 heteroatoms. The lowest BCUT2D eigenvalue weighted by atomic mass is 10.2. The summed E-state index contributed by atoms with van der Waals surface area (Å²) < 4.78 is 62.4. The molecule has 0 bridgehead atoms. The van der Waals surface area contributed by atoms with Crippen LogP contribution in [0.2, 0.25) is 0 Å². The van der Waals surface area contributed by atoms with Gasteiger partial charge in [0.2, 0.25) is 10.0 Å². The van der Waals surface area contributed by atoms with Crippen LogP contribution in [0, 0.1) is 17.1 Å². The zero-order chi connectivity index (χ0) is 15.7. The minimum atomic E-state index is -3.77. The maximum atomic E-state index is 13.2. The molecular formula is C12H13FN2O4S2. The standard InChI is InChI=1S/C12H13FN2O4S2/c13-12-2-1-10(7-9(12)8-14)15-21(18,19)11-3-5-20(16,17)6-4-11/h1-2,7,11,15H,3-6H2. The van der Waals surface area contributed by atoms with E-state index in [1.165, 1.54) is 6.07 Å². The van der Waals surface area contributed by atoms with Crippen molar-refractivity contribution in [2.75, 3.05) is 16.2 Å². The van der Waals surface area contributed by atoms with Crippen molar-refractivity contribution in [3.63, 3.8) is 0 Å². The van der Waals surface area contributed by atoms with Gasteiger partial charge in [0.25, 0.3) is 0 Å². The van der Waals surface area contributed by atoms with E-state index in [1.807, 2.05) is 0 Å². The molecule has 1 aromatic rings. The molecule has 1 fully saturated rings. The van der Waals surface area contributed by atoms with E-state index >= 15 is 0 Å². The fourth-order valence-electron chi connectivity index (χ4n) is 2.10. The summed E-state index contributed by atoms with van der Waals surface area (Å²) in [5.74, 6) is -1.05. The lowest BCUT2D eigenvalue weighted by Crippen LogP contribution is -2.36. The maximum Gasteiger partial charge on any atom is 0.235 e. The summed E-state index contributed by atoms with van der Waals surface area (Å²) in [7, 11) is -6.92. The summed E-state index contributed by atoms with van der Waals surface area (Å²) in [5.41, 5.74) is -0.178. The van der Waals surface area contributed by atoms with Crippen LogP contribution in [0.5, 0.6) is 0 Å². The summed E-state index contributed by atoms with van der Waals surface area (Å²) in [5, 5.41) is 7.90. The Balaban J connectivity index is 2.17. The van der Waals surface area contributed by atoms with Gasteiger partial charge < -0.3 is 0 Å². The molecule has 1 N–H and O–H groups in total. The fraction of sp³-hybridized carbons (Fsp3) is 0.417. The van der Waals surface area contributed by atoms with E-state index in [1.54, 1.807) is 6.07 Å². The van der Waals surface area contributed by atoms with Crippen LogP contribution in [-0.2, 0) is 19.9 Å². The molecule has 21 heavy (non-hydrogen) atoms. The van der Waals surface area contributed by atoms with Gasteiger partial charge in [-0.05, 0) is 31.0 Å². The summed E-state index contributed by atoms with van der Waals surface area (Å²) in [6, 6.07) is 4.94. The average Bonchev–Trinajstić information content (AvgIpc) is 2.40. The molecule has 1 aliphatic heterocycles. The Morgan fingerprint density at radius 2 is 1.90 bits per heavy atom. The summed E-state index contributed by atoms with van der Waals surface area (Å²) in [6.07, 6.45) is 0.0634. The first-order chi connectivity index (χ1) is 9.73. The van der Waals surface area contributed by atoms with Crippen molar-refractivity contribution in [2.45, 2.75) is 18.1 Å². The molecule has 6 nitrogen and oxygen atoms in total.